The van der Waals surface area contributed by atoms with E-state index in [1.54, 1.807) is 4.90 Å². The van der Waals surface area contributed by atoms with Crippen LogP contribution in [0.25, 0.3) is 0 Å². The van der Waals surface area contributed by atoms with Crippen LogP contribution in [0.3, 0.4) is 0 Å². The number of hydrogen-bond acceptors (Lipinski definition) is 2. The van der Waals surface area contributed by atoms with E-state index >= 15 is 0 Å². The predicted octanol–water partition coefficient (Wildman–Crippen LogP) is 4.79. The molecule has 1 amide bonds. The van der Waals surface area contributed by atoms with E-state index in [-0.39, 0.29) is 6.09 Å². The molecule has 104 valence electrons. The number of carbonyl (C=O) groups is 1. The quantitative estimate of drug-likeness (QED) is 0.676. The summed E-state index contributed by atoms with van der Waals surface area (Å²) < 4.78 is 6.24. The van der Waals surface area contributed by atoms with Crippen LogP contribution < -0.4 is 4.90 Å². The molecule has 1 heterocycles. The Kier molecular flexibility index (Phi) is 4.11. The number of carbonyl (C=O) groups excluding carboxylic acids is 1. The first-order valence-electron chi connectivity index (χ1n) is 6.26. The Labute approximate surface area is 127 Å². The van der Waals surface area contributed by atoms with Gasteiger partial charge < -0.3 is 4.74 Å². The van der Waals surface area contributed by atoms with E-state index in [9.17, 15) is 4.79 Å². The van der Waals surface area contributed by atoms with Crippen molar-refractivity contribution in [3.05, 3.63) is 27.2 Å². The van der Waals surface area contributed by atoms with Gasteiger partial charge >= 0.3 is 6.09 Å². The third-order valence-corrected chi connectivity index (χ3v) is 4.05. The van der Waals surface area contributed by atoms with E-state index < -0.39 is 5.60 Å². The van der Waals surface area contributed by atoms with Gasteiger partial charge in [0.15, 0.2) is 0 Å². The minimum Gasteiger partial charge on any atom is -0.443 e. The first-order chi connectivity index (χ1) is 8.78. The molecule has 19 heavy (non-hydrogen) atoms. The van der Waals surface area contributed by atoms with Gasteiger partial charge in [0.2, 0.25) is 0 Å². The Balaban J connectivity index is 2.32. The standard InChI is InChI=1S/C14H17BrClNO2/c1-14(2,3)19-13(18)17-6-4-5-9-7-11(16)10(15)8-12(9)17/h7-8H,4-6H2,1-3H3. The van der Waals surface area contributed by atoms with Crippen LogP contribution in [-0.2, 0) is 11.2 Å². The highest BCUT2D eigenvalue weighted by atomic mass is 79.9. The van der Waals surface area contributed by atoms with Gasteiger partial charge in [-0.2, -0.15) is 0 Å². The summed E-state index contributed by atoms with van der Waals surface area (Å²) in [5.74, 6) is 0. The highest BCUT2D eigenvalue weighted by molar-refractivity contribution is 9.10. The van der Waals surface area contributed by atoms with E-state index in [2.05, 4.69) is 15.9 Å². The zero-order valence-electron chi connectivity index (χ0n) is 11.3. The van der Waals surface area contributed by atoms with Gasteiger partial charge in [-0.3, -0.25) is 4.90 Å². The second kappa shape index (κ2) is 5.33. The number of anilines is 1. The molecule has 0 N–H and O–H groups in total. The Hall–Kier alpha value is -0.740. The van der Waals surface area contributed by atoms with Crippen LogP contribution in [0.15, 0.2) is 16.6 Å². The predicted molar refractivity (Wildman–Crippen MR) is 81.1 cm³/mol. The number of rotatable bonds is 0. The van der Waals surface area contributed by atoms with Crippen molar-refractivity contribution >= 4 is 39.3 Å². The van der Waals surface area contributed by atoms with Crippen LogP contribution in [-0.4, -0.2) is 18.2 Å². The molecule has 0 saturated heterocycles. The zero-order chi connectivity index (χ0) is 14.2. The molecule has 0 aromatic heterocycles. The summed E-state index contributed by atoms with van der Waals surface area (Å²) in [6, 6.07) is 3.80. The molecule has 3 nitrogen and oxygen atoms in total. The van der Waals surface area contributed by atoms with Crippen LogP contribution >= 0.6 is 27.5 Å². The Bertz CT molecular complexity index is 511. The lowest BCUT2D eigenvalue weighted by molar-refractivity contribution is 0.0578. The lowest BCUT2D eigenvalue weighted by Gasteiger charge is -2.32. The molecule has 0 saturated carbocycles. The fourth-order valence-electron chi connectivity index (χ4n) is 2.08. The van der Waals surface area contributed by atoms with Crippen LogP contribution in [0.5, 0.6) is 0 Å². The average Bonchev–Trinajstić information content (AvgIpc) is 2.27. The van der Waals surface area contributed by atoms with Crippen molar-refractivity contribution in [1.82, 2.24) is 0 Å². The van der Waals surface area contributed by atoms with E-state index in [1.165, 1.54) is 0 Å². The second-order valence-corrected chi connectivity index (χ2v) is 6.89. The van der Waals surface area contributed by atoms with Crippen molar-refractivity contribution < 1.29 is 9.53 Å². The average molecular weight is 347 g/mol. The van der Waals surface area contributed by atoms with Crippen LogP contribution in [0.1, 0.15) is 32.8 Å². The first kappa shape index (κ1) is 14.7. The molecular formula is C14H17BrClNO2. The van der Waals surface area contributed by atoms with Crippen molar-refractivity contribution in [1.29, 1.82) is 0 Å². The second-order valence-electron chi connectivity index (χ2n) is 5.63. The van der Waals surface area contributed by atoms with Crippen molar-refractivity contribution in [2.75, 3.05) is 11.4 Å². The molecule has 0 unspecified atom stereocenters. The Morgan fingerprint density at radius 1 is 1.42 bits per heavy atom. The Morgan fingerprint density at radius 3 is 2.74 bits per heavy atom. The molecule has 0 aliphatic carbocycles. The van der Waals surface area contributed by atoms with E-state index in [4.69, 9.17) is 16.3 Å². The summed E-state index contributed by atoms with van der Waals surface area (Å²) in [5, 5.41) is 0.671. The van der Waals surface area contributed by atoms with E-state index in [1.807, 2.05) is 32.9 Å². The molecule has 0 atom stereocenters. The molecule has 0 bridgehead atoms. The van der Waals surface area contributed by atoms with Gasteiger partial charge in [-0.15, -0.1) is 0 Å². The molecule has 0 fully saturated rings. The SMILES string of the molecule is CC(C)(C)OC(=O)N1CCCc2cc(Cl)c(Br)cc21. The van der Waals surface area contributed by atoms with Gasteiger partial charge in [0.1, 0.15) is 5.60 Å². The molecule has 1 aromatic rings. The fourth-order valence-corrected chi connectivity index (χ4v) is 2.60. The number of hydrogen-bond donors (Lipinski definition) is 0. The summed E-state index contributed by atoms with van der Waals surface area (Å²) >= 11 is 9.50. The van der Waals surface area contributed by atoms with E-state index in [0.717, 1.165) is 28.6 Å². The highest BCUT2D eigenvalue weighted by Crippen LogP contribution is 2.35. The number of amides is 1. The molecule has 5 heteroatoms. The maximum atomic E-state index is 12.2. The number of aryl methyl sites for hydroxylation is 1. The summed E-state index contributed by atoms with van der Waals surface area (Å²) in [4.78, 5) is 13.9. The summed E-state index contributed by atoms with van der Waals surface area (Å²) in [6.45, 7) is 6.28. The molecule has 1 aliphatic heterocycles. The van der Waals surface area contributed by atoms with Gasteiger partial charge in [0.05, 0.1) is 10.7 Å². The summed E-state index contributed by atoms with van der Waals surface area (Å²) in [6.07, 6.45) is 1.55. The molecule has 0 spiro atoms. The first-order valence-corrected chi connectivity index (χ1v) is 7.43. The number of ether oxygens (including phenoxy) is 1. The van der Waals surface area contributed by atoms with Crippen LogP contribution in [0.2, 0.25) is 5.02 Å². The van der Waals surface area contributed by atoms with E-state index in [0.29, 0.717) is 11.6 Å². The topological polar surface area (TPSA) is 29.5 Å². The summed E-state index contributed by atoms with van der Waals surface area (Å²) in [5.41, 5.74) is 1.49. The number of halogens is 2. The molecule has 2 rings (SSSR count). The van der Waals surface area contributed by atoms with Crippen molar-refractivity contribution in [2.45, 2.75) is 39.2 Å². The largest absolute Gasteiger partial charge is 0.443 e. The van der Waals surface area contributed by atoms with Crippen molar-refractivity contribution in [3.8, 4) is 0 Å². The molecular weight excluding hydrogens is 330 g/mol. The van der Waals surface area contributed by atoms with Crippen LogP contribution in [0, 0.1) is 0 Å². The maximum Gasteiger partial charge on any atom is 0.414 e. The van der Waals surface area contributed by atoms with Gasteiger partial charge in [-0.05, 0) is 67.2 Å². The number of fused-ring (bicyclic) bond motifs is 1. The lowest BCUT2D eigenvalue weighted by Crippen LogP contribution is -2.39. The number of benzene rings is 1. The third kappa shape index (κ3) is 3.42. The van der Waals surface area contributed by atoms with Gasteiger partial charge in [0.25, 0.3) is 0 Å². The lowest BCUT2D eigenvalue weighted by atomic mass is 10.0. The monoisotopic (exact) mass is 345 g/mol. The van der Waals surface area contributed by atoms with Crippen molar-refractivity contribution in [2.24, 2.45) is 0 Å². The normalized spacial score (nSPS) is 15.1. The minimum atomic E-state index is -0.488. The molecule has 1 aliphatic rings. The summed E-state index contributed by atoms with van der Waals surface area (Å²) in [7, 11) is 0. The number of nitrogens with zero attached hydrogens (tertiary/aromatic N) is 1. The maximum absolute atomic E-state index is 12.2. The van der Waals surface area contributed by atoms with Gasteiger partial charge in [-0.25, -0.2) is 4.79 Å². The Morgan fingerprint density at radius 2 is 2.11 bits per heavy atom. The fraction of sp³-hybridized carbons (Fsp3) is 0.500. The minimum absolute atomic E-state index is 0.303. The highest BCUT2D eigenvalue weighted by Gasteiger charge is 2.27. The smallest absolute Gasteiger partial charge is 0.414 e. The van der Waals surface area contributed by atoms with Crippen molar-refractivity contribution in [3.63, 3.8) is 0 Å². The van der Waals surface area contributed by atoms with Crippen LogP contribution in [0.4, 0.5) is 10.5 Å². The van der Waals surface area contributed by atoms with Gasteiger partial charge in [0, 0.05) is 11.0 Å². The molecule has 0 radical (unpaired) electrons. The zero-order valence-corrected chi connectivity index (χ0v) is 13.6. The third-order valence-electron chi connectivity index (χ3n) is 2.85. The molecule has 1 aromatic carbocycles. The van der Waals surface area contributed by atoms with Gasteiger partial charge in [-0.1, -0.05) is 11.6 Å².